The summed E-state index contributed by atoms with van der Waals surface area (Å²) in [6.07, 6.45) is 0.497. The van der Waals surface area contributed by atoms with Crippen molar-refractivity contribution in [3.8, 4) is 0 Å². The Kier molecular flexibility index (Phi) is 4.54. The van der Waals surface area contributed by atoms with Gasteiger partial charge >= 0.3 is 6.03 Å². The topological polar surface area (TPSA) is 74.0 Å². The number of hydrogen-bond acceptors (Lipinski definition) is 2. The van der Waals surface area contributed by atoms with Crippen molar-refractivity contribution in [2.75, 3.05) is 6.54 Å². The van der Waals surface area contributed by atoms with E-state index in [9.17, 15) is 9.59 Å². The van der Waals surface area contributed by atoms with Gasteiger partial charge in [-0.2, -0.15) is 0 Å². The van der Waals surface area contributed by atoms with Crippen LogP contribution >= 0.6 is 0 Å². The van der Waals surface area contributed by atoms with Gasteiger partial charge in [0.2, 0.25) is 0 Å². The van der Waals surface area contributed by atoms with Crippen molar-refractivity contribution in [1.29, 1.82) is 0 Å². The number of aromatic amines is 1. The Bertz CT molecular complexity index is 742. The first-order valence-corrected chi connectivity index (χ1v) is 7.43. The summed E-state index contributed by atoms with van der Waals surface area (Å²) in [4.78, 5) is 26.6. The normalized spacial score (nSPS) is 11.5. The molecule has 0 atom stereocenters. The predicted octanol–water partition coefficient (Wildman–Crippen LogP) is 2.48. The molecule has 0 aliphatic carbocycles. The summed E-state index contributed by atoms with van der Waals surface area (Å²) >= 11 is 0. The second-order valence-electron chi connectivity index (χ2n) is 6.60. The lowest BCUT2D eigenvalue weighted by Gasteiger charge is -2.20. The minimum Gasteiger partial charge on any atom is -0.338 e. The molecule has 0 aliphatic heterocycles. The van der Waals surface area contributed by atoms with Crippen LogP contribution < -0.4 is 16.2 Å². The van der Waals surface area contributed by atoms with Crippen LogP contribution in [0.1, 0.15) is 31.9 Å². The molecule has 5 nitrogen and oxygen atoms in total. The first-order valence-electron chi connectivity index (χ1n) is 7.43. The summed E-state index contributed by atoms with van der Waals surface area (Å²) in [7, 11) is 0. The number of hydrogen-bond donors (Lipinski definition) is 3. The molecule has 0 unspecified atom stereocenters. The van der Waals surface area contributed by atoms with Crippen LogP contribution in [0.15, 0.2) is 29.1 Å². The average Bonchev–Trinajstić information content (AvgIpc) is 2.37. The summed E-state index contributed by atoms with van der Waals surface area (Å²) in [6, 6.07) is 7.62. The van der Waals surface area contributed by atoms with Crippen molar-refractivity contribution in [2.24, 2.45) is 0 Å². The lowest BCUT2D eigenvalue weighted by atomic mass is 10.1. The number of aryl methyl sites for hydroxylation is 1. The van der Waals surface area contributed by atoms with Gasteiger partial charge < -0.3 is 15.6 Å². The highest BCUT2D eigenvalue weighted by molar-refractivity contribution is 5.79. The van der Waals surface area contributed by atoms with Gasteiger partial charge in [0.1, 0.15) is 0 Å². The maximum atomic E-state index is 12.1. The molecule has 1 aromatic heterocycles. The van der Waals surface area contributed by atoms with Crippen LogP contribution in [0.2, 0.25) is 0 Å². The number of carbonyl (C=O) groups is 1. The van der Waals surface area contributed by atoms with Gasteiger partial charge in [0.05, 0.1) is 0 Å². The van der Waals surface area contributed by atoms with E-state index >= 15 is 0 Å². The lowest BCUT2D eigenvalue weighted by molar-refractivity contribution is 0.232. The van der Waals surface area contributed by atoms with Gasteiger partial charge in [-0.1, -0.05) is 12.1 Å². The summed E-state index contributed by atoms with van der Waals surface area (Å²) in [6.45, 7) is 8.17. The van der Waals surface area contributed by atoms with Crippen molar-refractivity contribution in [1.82, 2.24) is 15.6 Å². The van der Waals surface area contributed by atoms with E-state index in [-0.39, 0.29) is 17.1 Å². The van der Waals surface area contributed by atoms with Crippen LogP contribution in [0.5, 0.6) is 0 Å². The zero-order valence-electron chi connectivity index (χ0n) is 13.5. The van der Waals surface area contributed by atoms with Crippen LogP contribution in [0, 0.1) is 6.92 Å². The Labute approximate surface area is 130 Å². The van der Waals surface area contributed by atoms with E-state index in [2.05, 4.69) is 15.6 Å². The van der Waals surface area contributed by atoms with Crippen molar-refractivity contribution in [3.05, 3.63) is 45.7 Å². The fraction of sp³-hybridized carbons (Fsp3) is 0.412. The molecule has 0 radical (unpaired) electrons. The minimum absolute atomic E-state index is 0.101. The summed E-state index contributed by atoms with van der Waals surface area (Å²) in [5, 5.41) is 6.59. The van der Waals surface area contributed by atoms with E-state index in [0.29, 0.717) is 18.5 Å². The Morgan fingerprint density at radius 2 is 1.95 bits per heavy atom. The van der Waals surface area contributed by atoms with Crippen molar-refractivity contribution in [2.45, 2.75) is 39.7 Å². The average molecular weight is 301 g/mol. The number of amides is 2. The van der Waals surface area contributed by atoms with Crippen molar-refractivity contribution >= 4 is 16.9 Å². The van der Waals surface area contributed by atoms with Crippen LogP contribution in [-0.4, -0.2) is 23.1 Å². The summed E-state index contributed by atoms with van der Waals surface area (Å²) < 4.78 is 0. The second-order valence-corrected chi connectivity index (χ2v) is 6.60. The molecule has 1 heterocycles. The standard InChI is InChI=1S/C17H23N3O2/c1-11-5-6-12-10-13(15(21)19-14(12)9-11)7-8-18-16(22)20-17(2,3)4/h5-6,9-10H,7-8H2,1-4H3,(H,19,21)(H2,18,20,22). The fourth-order valence-electron chi connectivity index (χ4n) is 2.24. The van der Waals surface area contributed by atoms with Gasteiger partial charge in [-0.05, 0) is 57.2 Å². The van der Waals surface area contributed by atoms with Gasteiger partial charge in [-0.25, -0.2) is 4.79 Å². The van der Waals surface area contributed by atoms with Crippen LogP contribution in [0.3, 0.4) is 0 Å². The van der Waals surface area contributed by atoms with E-state index in [1.54, 1.807) is 0 Å². The number of fused-ring (bicyclic) bond motifs is 1. The van der Waals surface area contributed by atoms with E-state index in [1.165, 1.54) is 0 Å². The van der Waals surface area contributed by atoms with Crippen molar-refractivity contribution in [3.63, 3.8) is 0 Å². The molecule has 22 heavy (non-hydrogen) atoms. The first kappa shape index (κ1) is 16.1. The number of carbonyl (C=O) groups excluding carboxylic acids is 1. The van der Waals surface area contributed by atoms with Gasteiger partial charge in [0, 0.05) is 23.2 Å². The zero-order valence-corrected chi connectivity index (χ0v) is 13.5. The molecule has 1 aromatic carbocycles. The second kappa shape index (κ2) is 6.22. The van der Waals surface area contributed by atoms with Crippen LogP contribution in [-0.2, 0) is 6.42 Å². The molecule has 2 rings (SSSR count). The molecular formula is C17H23N3O2. The quantitative estimate of drug-likeness (QED) is 0.815. The summed E-state index contributed by atoms with van der Waals surface area (Å²) in [5.74, 6) is 0. The van der Waals surface area contributed by atoms with Gasteiger partial charge in [-0.3, -0.25) is 4.79 Å². The molecule has 0 aliphatic rings. The number of rotatable bonds is 3. The third-order valence-electron chi connectivity index (χ3n) is 3.25. The van der Waals surface area contributed by atoms with E-state index in [0.717, 1.165) is 16.5 Å². The summed E-state index contributed by atoms with van der Waals surface area (Å²) in [5.41, 5.74) is 2.25. The number of urea groups is 1. The zero-order chi connectivity index (χ0) is 16.3. The fourth-order valence-corrected chi connectivity index (χ4v) is 2.24. The van der Waals surface area contributed by atoms with Crippen LogP contribution in [0.25, 0.3) is 10.9 Å². The van der Waals surface area contributed by atoms with Crippen LogP contribution in [0.4, 0.5) is 4.79 Å². The lowest BCUT2D eigenvalue weighted by Crippen LogP contribution is -2.47. The highest BCUT2D eigenvalue weighted by Gasteiger charge is 2.13. The molecule has 5 heteroatoms. The molecule has 0 bridgehead atoms. The molecule has 2 aromatic rings. The van der Waals surface area contributed by atoms with Gasteiger partial charge in [0.25, 0.3) is 5.56 Å². The molecule has 3 N–H and O–H groups in total. The van der Waals surface area contributed by atoms with E-state index < -0.39 is 0 Å². The third-order valence-corrected chi connectivity index (χ3v) is 3.25. The molecule has 118 valence electrons. The third kappa shape index (κ3) is 4.35. The maximum Gasteiger partial charge on any atom is 0.315 e. The Morgan fingerprint density at radius 3 is 2.64 bits per heavy atom. The molecule has 2 amide bonds. The van der Waals surface area contributed by atoms with Crippen molar-refractivity contribution < 1.29 is 4.79 Å². The highest BCUT2D eigenvalue weighted by Crippen LogP contribution is 2.13. The number of nitrogens with one attached hydrogen (secondary N) is 3. The monoisotopic (exact) mass is 301 g/mol. The largest absolute Gasteiger partial charge is 0.338 e. The molecule has 0 saturated carbocycles. The Hall–Kier alpha value is -2.30. The predicted molar refractivity (Wildman–Crippen MR) is 89.3 cm³/mol. The highest BCUT2D eigenvalue weighted by atomic mass is 16.2. The van der Waals surface area contributed by atoms with Gasteiger partial charge in [-0.15, -0.1) is 0 Å². The number of aromatic nitrogens is 1. The minimum atomic E-state index is -0.275. The Balaban J connectivity index is 2.03. The maximum absolute atomic E-state index is 12.1. The first-order chi connectivity index (χ1) is 10.2. The molecule has 0 spiro atoms. The number of benzene rings is 1. The molecule has 0 fully saturated rings. The SMILES string of the molecule is Cc1ccc2cc(CCNC(=O)NC(C)(C)C)c(=O)[nH]c2c1. The smallest absolute Gasteiger partial charge is 0.315 e. The Morgan fingerprint density at radius 1 is 1.23 bits per heavy atom. The van der Waals surface area contributed by atoms with E-state index in [1.807, 2.05) is 52.0 Å². The number of pyridine rings is 1. The number of H-pyrrole nitrogens is 1. The van der Waals surface area contributed by atoms with Gasteiger partial charge in [0.15, 0.2) is 0 Å². The molecular weight excluding hydrogens is 278 g/mol. The molecule has 0 saturated heterocycles. The van der Waals surface area contributed by atoms with E-state index in [4.69, 9.17) is 0 Å².